The van der Waals surface area contributed by atoms with Gasteiger partial charge in [0.15, 0.2) is 0 Å². The molecule has 0 spiro atoms. The summed E-state index contributed by atoms with van der Waals surface area (Å²) in [6.07, 6.45) is 0. The molecule has 3 amide bonds. The maximum atomic E-state index is 12.1. The Balaban J connectivity index is 1.93. The van der Waals surface area contributed by atoms with E-state index in [1.165, 1.54) is 4.90 Å². The predicted octanol–water partition coefficient (Wildman–Crippen LogP) is -0.00836. The fourth-order valence-electron chi connectivity index (χ4n) is 2.21. The summed E-state index contributed by atoms with van der Waals surface area (Å²) in [5.74, 6) is -0.690. The zero-order valence-electron chi connectivity index (χ0n) is 12.2. The molecule has 0 aromatic heterocycles. The Labute approximate surface area is 123 Å². The molecule has 1 aliphatic rings. The number of hydrogen-bond acceptors (Lipinski definition) is 3. The number of aryl methyl sites for hydroxylation is 1. The van der Waals surface area contributed by atoms with Crippen molar-refractivity contribution in [3.05, 3.63) is 34.9 Å². The van der Waals surface area contributed by atoms with Gasteiger partial charge < -0.3 is 15.5 Å². The van der Waals surface area contributed by atoms with Gasteiger partial charge in [0, 0.05) is 18.7 Å². The topological polar surface area (TPSA) is 78.5 Å². The maximum Gasteiger partial charge on any atom is 0.251 e. The second-order valence-electron chi connectivity index (χ2n) is 5.10. The van der Waals surface area contributed by atoms with Gasteiger partial charge in [-0.3, -0.25) is 14.4 Å². The third-order valence-corrected chi connectivity index (χ3v) is 3.64. The lowest BCUT2D eigenvalue weighted by molar-refractivity contribution is -0.137. The molecular formula is C15H19N3O3. The first-order valence-corrected chi connectivity index (χ1v) is 6.88. The van der Waals surface area contributed by atoms with Gasteiger partial charge in [0.1, 0.15) is 0 Å². The summed E-state index contributed by atoms with van der Waals surface area (Å²) in [6, 6.07) is 5.48. The van der Waals surface area contributed by atoms with Crippen LogP contribution in [0.1, 0.15) is 21.5 Å². The zero-order chi connectivity index (χ0) is 15.4. The van der Waals surface area contributed by atoms with E-state index < -0.39 is 0 Å². The van der Waals surface area contributed by atoms with E-state index in [9.17, 15) is 14.4 Å². The van der Waals surface area contributed by atoms with Gasteiger partial charge in [0.05, 0.1) is 13.1 Å². The van der Waals surface area contributed by atoms with Crippen molar-refractivity contribution in [2.24, 2.45) is 0 Å². The summed E-state index contributed by atoms with van der Waals surface area (Å²) in [5, 5.41) is 5.27. The quantitative estimate of drug-likeness (QED) is 0.821. The van der Waals surface area contributed by atoms with Crippen LogP contribution in [0, 0.1) is 13.8 Å². The van der Waals surface area contributed by atoms with Gasteiger partial charge in [-0.25, -0.2) is 0 Å². The van der Waals surface area contributed by atoms with Crippen LogP contribution in [-0.2, 0) is 9.59 Å². The molecule has 1 fully saturated rings. The fraction of sp³-hybridized carbons (Fsp3) is 0.400. The van der Waals surface area contributed by atoms with Crippen molar-refractivity contribution in [2.45, 2.75) is 13.8 Å². The van der Waals surface area contributed by atoms with Crippen LogP contribution in [-0.4, -0.2) is 48.8 Å². The number of amides is 3. The second kappa shape index (κ2) is 6.39. The Hall–Kier alpha value is -2.37. The number of piperazine rings is 1. The highest BCUT2D eigenvalue weighted by Crippen LogP contribution is 2.12. The van der Waals surface area contributed by atoms with E-state index in [0.29, 0.717) is 18.7 Å². The number of carbonyl (C=O) groups excluding carboxylic acids is 3. The first-order chi connectivity index (χ1) is 9.99. The van der Waals surface area contributed by atoms with E-state index in [2.05, 4.69) is 10.6 Å². The van der Waals surface area contributed by atoms with E-state index in [1.54, 1.807) is 6.07 Å². The van der Waals surface area contributed by atoms with E-state index in [0.717, 1.165) is 11.1 Å². The molecule has 0 saturated carbocycles. The van der Waals surface area contributed by atoms with Crippen LogP contribution >= 0.6 is 0 Å². The molecule has 6 nitrogen and oxygen atoms in total. The average molecular weight is 289 g/mol. The normalized spacial score (nSPS) is 14.6. The summed E-state index contributed by atoms with van der Waals surface area (Å²) in [5.41, 5.74) is 2.50. The number of carbonyl (C=O) groups is 3. The van der Waals surface area contributed by atoms with E-state index >= 15 is 0 Å². The van der Waals surface area contributed by atoms with Gasteiger partial charge in [-0.2, -0.15) is 0 Å². The Morgan fingerprint density at radius 1 is 1.33 bits per heavy atom. The van der Waals surface area contributed by atoms with Crippen molar-refractivity contribution in [1.82, 2.24) is 15.5 Å². The van der Waals surface area contributed by atoms with E-state index in [4.69, 9.17) is 0 Å². The summed E-state index contributed by atoms with van der Waals surface area (Å²) < 4.78 is 0. The lowest BCUT2D eigenvalue weighted by atomic mass is 10.0. The third kappa shape index (κ3) is 3.59. The number of rotatable bonds is 3. The number of benzene rings is 1. The number of nitrogens with one attached hydrogen (secondary N) is 2. The standard InChI is InChI=1S/C15H19N3O3/c1-10-4-3-5-12(11(10)2)15(21)17-8-14(20)18-7-6-16-13(19)9-18/h3-5H,6-9H2,1-2H3,(H,16,19)(H,17,21). The zero-order valence-corrected chi connectivity index (χ0v) is 12.2. The molecule has 6 heteroatoms. The highest BCUT2D eigenvalue weighted by molar-refractivity contribution is 5.98. The molecule has 1 heterocycles. The van der Waals surface area contributed by atoms with Gasteiger partial charge in [0.2, 0.25) is 11.8 Å². The van der Waals surface area contributed by atoms with Crippen molar-refractivity contribution in [1.29, 1.82) is 0 Å². The van der Waals surface area contributed by atoms with Crippen LogP contribution in [0.15, 0.2) is 18.2 Å². The van der Waals surface area contributed by atoms with Crippen LogP contribution in [0.3, 0.4) is 0 Å². The van der Waals surface area contributed by atoms with E-state index in [1.807, 2.05) is 26.0 Å². The molecule has 2 N–H and O–H groups in total. The molecule has 1 saturated heterocycles. The first-order valence-electron chi connectivity index (χ1n) is 6.88. The highest BCUT2D eigenvalue weighted by atomic mass is 16.2. The maximum absolute atomic E-state index is 12.1. The Kier molecular flexibility index (Phi) is 4.57. The highest BCUT2D eigenvalue weighted by Gasteiger charge is 2.21. The summed E-state index contributed by atoms with van der Waals surface area (Å²) in [7, 11) is 0. The van der Waals surface area contributed by atoms with Crippen molar-refractivity contribution >= 4 is 17.7 Å². The Bertz CT molecular complexity index is 584. The van der Waals surface area contributed by atoms with Gasteiger partial charge in [0.25, 0.3) is 5.91 Å². The molecule has 0 aliphatic carbocycles. The van der Waals surface area contributed by atoms with Gasteiger partial charge in [-0.15, -0.1) is 0 Å². The van der Waals surface area contributed by atoms with Gasteiger partial charge in [-0.05, 0) is 31.0 Å². The minimum absolute atomic E-state index is 0.0537. The van der Waals surface area contributed by atoms with Crippen LogP contribution in [0.5, 0.6) is 0 Å². The predicted molar refractivity (Wildman–Crippen MR) is 77.8 cm³/mol. The van der Waals surface area contributed by atoms with Crippen LogP contribution in [0.2, 0.25) is 0 Å². The molecule has 0 bridgehead atoms. The molecule has 0 atom stereocenters. The minimum atomic E-state index is -0.272. The summed E-state index contributed by atoms with van der Waals surface area (Å²) >= 11 is 0. The lowest BCUT2D eigenvalue weighted by Gasteiger charge is -2.26. The van der Waals surface area contributed by atoms with Crippen LogP contribution in [0.25, 0.3) is 0 Å². The monoisotopic (exact) mass is 289 g/mol. The molecule has 2 rings (SSSR count). The molecule has 1 aromatic rings. The smallest absolute Gasteiger partial charge is 0.251 e. The Morgan fingerprint density at radius 2 is 2.10 bits per heavy atom. The SMILES string of the molecule is Cc1cccc(C(=O)NCC(=O)N2CCNC(=O)C2)c1C. The largest absolute Gasteiger partial charge is 0.353 e. The fourth-order valence-corrected chi connectivity index (χ4v) is 2.21. The minimum Gasteiger partial charge on any atom is -0.353 e. The summed E-state index contributed by atoms with van der Waals surface area (Å²) in [6.45, 7) is 4.70. The molecule has 1 aliphatic heterocycles. The van der Waals surface area contributed by atoms with Crippen molar-refractivity contribution in [3.63, 3.8) is 0 Å². The van der Waals surface area contributed by atoms with Crippen molar-refractivity contribution in [3.8, 4) is 0 Å². The molecule has 1 aromatic carbocycles. The molecule has 112 valence electrons. The average Bonchev–Trinajstić information content (AvgIpc) is 2.47. The molecule has 0 radical (unpaired) electrons. The van der Waals surface area contributed by atoms with Gasteiger partial charge >= 0.3 is 0 Å². The van der Waals surface area contributed by atoms with E-state index in [-0.39, 0.29) is 30.8 Å². The van der Waals surface area contributed by atoms with Crippen molar-refractivity contribution < 1.29 is 14.4 Å². The second-order valence-corrected chi connectivity index (χ2v) is 5.10. The number of hydrogen-bond donors (Lipinski definition) is 2. The van der Waals surface area contributed by atoms with Crippen LogP contribution in [0.4, 0.5) is 0 Å². The molecule has 0 unspecified atom stereocenters. The Morgan fingerprint density at radius 3 is 2.81 bits per heavy atom. The molecular weight excluding hydrogens is 270 g/mol. The van der Waals surface area contributed by atoms with Crippen LogP contribution < -0.4 is 10.6 Å². The van der Waals surface area contributed by atoms with Gasteiger partial charge in [-0.1, -0.05) is 12.1 Å². The lowest BCUT2D eigenvalue weighted by Crippen LogP contribution is -2.52. The number of nitrogens with zero attached hydrogens (tertiary/aromatic N) is 1. The summed E-state index contributed by atoms with van der Waals surface area (Å²) in [4.78, 5) is 36.7. The van der Waals surface area contributed by atoms with Crippen molar-refractivity contribution in [2.75, 3.05) is 26.2 Å². The first kappa shape index (κ1) is 15.0. The third-order valence-electron chi connectivity index (χ3n) is 3.64. The molecule has 21 heavy (non-hydrogen) atoms.